The highest BCUT2D eigenvalue weighted by atomic mass is 14.2. The molecule has 0 aromatic carbocycles. The lowest BCUT2D eigenvalue weighted by molar-refractivity contribution is 1.22. The van der Waals surface area contributed by atoms with Crippen molar-refractivity contribution in [2.45, 2.75) is 13.3 Å². The van der Waals surface area contributed by atoms with Crippen molar-refractivity contribution in [2.24, 2.45) is 0 Å². The smallest absolute Gasteiger partial charge is 0.0985 e. The zero-order chi connectivity index (χ0) is 6.41. The number of hydrogen-bond acceptors (Lipinski definition) is 1. The first-order valence-electron chi connectivity index (χ1n) is 2.56. The Labute approximate surface area is 49.9 Å². The maximum absolute atomic E-state index is 8.16. The van der Waals surface area contributed by atoms with E-state index in [1.807, 2.05) is 19.1 Å². The van der Waals surface area contributed by atoms with Crippen LogP contribution in [-0.2, 0) is 0 Å². The van der Waals surface area contributed by atoms with E-state index in [9.17, 15) is 0 Å². The number of allylic oxidation sites excluding steroid dienone is 3. The van der Waals surface area contributed by atoms with E-state index in [2.05, 4.69) is 6.58 Å². The minimum absolute atomic E-state index is 0.520. The second kappa shape index (κ2) is 4.14. The average molecular weight is 107 g/mol. The maximum atomic E-state index is 8.16. The van der Waals surface area contributed by atoms with E-state index in [-0.39, 0.29) is 0 Å². The van der Waals surface area contributed by atoms with E-state index in [0.717, 1.165) is 6.42 Å². The van der Waals surface area contributed by atoms with E-state index < -0.39 is 0 Å². The van der Waals surface area contributed by atoms with E-state index in [4.69, 9.17) is 5.26 Å². The third-order valence-corrected chi connectivity index (χ3v) is 0.698. The first-order chi connectivity index (χ1) is 3.81. The average Bonchev–Trinajstić information content (AvgIpc) is 1.83. The van der Waals surface area contributed by atoms with Crippen LogP contribution in [0, 0.1) is 11.3 Å². The zero-order valence-electron chi connectivity index (χ0n) is 5.02. The molecule has 0 aliphatic carbocycles. The molecule has 0 amide bonds. The van der Waals surface area contributed by atoms with Gasteiger partial charge in [-0.25, -0.2) is 0 Å². The standard InChI is InChI=1S/C7H9N/c1-3-4-5-7(2)6-8/h4-5H,2-3H2,1H3. The van der Waals surface area contributed by atoms with Crippen LogP contribution in [0.5, 0.6) is 0 Å². The van der Waals surface area contributed by atoms with Crippen LogP contribution in [0.2, 0.25) is 0 Å². The van der Waals surface area contributed by atoms with Gasteiger partial charge in [-0.15, -0.1) is 0 Å². The molecule has 0 bridgehead atoms. The molecule has 0 rings (SSSR count). The summed E-state index contributed by atoms with van der Waals surface area (Å²) in [6.07, 6.45) is 4.59. The molecule has 0 aliphatic rings. The summed E-state index contributed by atoms with van der Waals surface area (Å²) in [6, 6.07) is 1.92. The molecule has 0 saturated carbocycles. The highest BCUT2D eigenvalue weighted by molar-refractivity contribution is 5.28. The minimum Gasteiger partial charge on any atom is -0.192 e. The van der Waals surface area contributed by atoms with Crippen LogP contribution in [0.4, 0.5) is 0 Å². The summed E-state index contributed by atoms with van der Waals surface area (Å²) in [4.78, 5) is 0. The molecule has 1 nitrogen and oxygen atoms in total. The molecule has 0 fully saturated rings. The number of nitrogens with zero attached hydrogens (tertiary/aromatic N) is 1. The Morgan fingerprint density at radius 3 is 2.88 bits per heavy atom. The van der Waals surface area contributed by atoms with Gasteiger partial charge in [0.2, 0.25) is 0 Å². The lowest BCUT2D eigenvalue weighted by atomic mass is 10.3. The first kappa shape index (κ1) is 6.97. The molecule has 0 saturated heterocycles. The van der Waals surface area contributed by atoms with Gasteiger partial charge in [0, 0.05) is 5.57 Å². The number of rotatable bonds is 2. The van der Waals surface area contributed by atoms with Gasteiger partial charge in [0.25, 0.3) is 0 Å². The molecule has 0 aliphatic heterocycles. The van der Waals surface area contributed by atoms with Gasteiger partial charge in [0.15, 0.2) is 0 Å². The molecule has 1 heteroatoms. The summed E-state index contributed by atoms with van der Waals surface area (Å²) >= 11 is 0. The molecule has 0 N–H and O–H groups in total. The summed E-state index contributed by atoms with van der Waals surface area (Å²) in [5.74, 6) is 0. The summed E-state index contributed by atoms with van der Waals surface area (Å²) < 4.78 is 0. The lowest BCUT2D eigenvalue weighted by Crippen LogP contribution is -1.62. The lowest BCUT2D eigenvalue weighted by Gasteiger charge is -1.77. The van der Waals surface area contributed by atoms with Gasteiger partial charge in [-0.2, -0.15) is 5.26 Å². The van der Waals surface area contributed by atoms with Crippen molar-refractivity contribution >= 4 is 0 Å². The Kier molecular flexibility index (Phi) is 3.60. The van der Waals surface area contributed by atoms with Gasteiger partial charge in [0.1, 0.15) is 0 Å². The normalized spacial score (nSPS) is 9.00. The van der Waals surface area contributed by atoms with Gasteiger partial charge in [0.05, 0.1) is 6.07 Å². The predicted octanol–water partition coefficient (Wildman–Crippen LogP) is 2.03. The molecule has 0 unspecified atom stereocenters. The van der Waals surface area contributed by atoms with Crippen LogP contribution < -0.4 is 0 Å². The highest BCUT2D eigenvalue weighted by Crippen LogP contribution is 1.89. The largest absolute Gasteiger partial charge is 0.192 e. The second-order valence-electron chi connectivity index (χ2n) is 1.45. The fraction of sp³-hybridized carbons (Fsp3) is 0.286. The zero-order valence-corrected chi connectivity index (χ0v) is 5.02. The topological polar surface area (TPSA) is 23.8 Å². The van der Waals surface area contributed by atoms with Crippen molar-refractivity contribution in [3.05, 3.63) is 24.3 Å². The van der Waals surface area contributed by atoms with Crippen LogP contribution in [0.25, 0.3) is 0 Å². The monoisotopic (exact) mass is 107 g/mol. The van der Waals surface area contributed by atoms with Gasteiger partial charge < -0.3 is 0 Å². The summed E-state index contributed by atoms with van der Waals surface area (Å²) in [5, 5.41) is 8.16. The van der Waals surface area contributed by atoms with E-state index >= 15 is 0 Å². The number of hydrogen-bond donors (Lipinski definition) is 0. The molecule has 8 heavy (non-hydrogen) atoms. The fourth-order valence-electron chi connectivity index (χ4n) is 0.297. The number of nitriles is 1. The van der Waals surface area contributed by atoms with E-state index in [1.54, 1.807) is 6.08 Å². The quantitative estimate of drug-likeness (QED) is 0.391. The summed E-state index contributed by atoms with van der Waals surface area (Å²) in [7, 11) is 0. The van der Waals surface area contributed by atoms with E-state index in [0.29, 0.717) is 5.57 Å². The van der Waals surface area contributed by atoms with Crippen LogP contribution in [0.1, 0.15) is 13.3 Å². The molecular weight excluding hydrogens is 98.1 g/mol. The summed E-state index contributed by atoms with van der Waals surface area (Å²) in [6.45, 7) is 5.48. The van der Waals surface area contributed by atoms with Crippen molar-refractivity contribution in [2.75, 3.05) is 0 Å². The third-order valence-electron chi connectivity index (χ3n) is 0.698. The summed E-state index contributed by atoms with van der Waals surface area (Å²) in [5.41, 5.74) is 0.520. The first-order valence-corrected chi connectivity index (χ1v) is 2.56. The maximum Gasteiger partial charge on any atom is 0.0985 e. The predicted molar refractivity (Wildman–Crippen MR) is 34.2 cm³/mol. The Morgan fingerprint density at radius 1 is 1.88 bits per heavy atom. The molecule has 0 atom stereocenters. The van der Waals surface area contributed by atoms with Crippen molar-refractivity contribution in [3.8, 4) is 6.07 Å². The van der Waals surface area contributed by atoms with Gasteiger partial charge in [-0.1, -0.05) is 19.6 Å². The van der Waals surface area contributed by atoms with Crippen molar-refractivity contribution < 1.29 is 0 Å². The van der Waals surface area contributed by atoms with Crippen LogP contribution in [0.15, 0.2) is 24.3 Å². The molecule has 0 radical (unpaired) electrons. The van der Waals surface area contributed by atoms with Crippen LogP contribution in [0.3, 0.4) is 0 Å². The molecule has 42 valence electrons. The van der Waals surface area contributed by atoms with E-state index in [1.165, 1.54) is 0 Å². The van der Waals surface area contributed by atoms with Gasteiger partial charge in [-0.3, -0.25) is 0 Å². The molecule has 0 aromatic rings. The molecular formula is C7H9N. The van der Waals surface area contributed by atoms with Crippen LogP contribution >= 0.6 is 0 Å². The van der Waals surface area contributed by atoms with Crippen LogP contribution in [-0.4, -0.2) is 0 Å². The Hall–Kier alpha value is -1.03. The molecule has 0 spiro atoms. The second-order valence-corrected chi connectivity index (χ2v) is 1.45. The Balaban J connectivity index is 3.58. The SMILES string of the molecule is C=C(C#N)C=CCC. The third kappa shape index (κ3) is 3.17. The Morgan fingerprint density at radius 2 is 2.50 bits per heavy atom. The molecule has 0 heterocycles. The minimum atomic E-state index is 0.520. The fourth-order valence-corrected chi connectivity index (χ4v) is 0.297. The van der Waals surface area contributed by atoms with Crippen molar-refractivity contribution in [1.82, 2.24) is 0 Å². The van der Waals surface area contributed by atoms with Crippen molar-refractivity contribution in [3.63, 3.8) is 0 Å². The van der Waals surface area contributed by atoms with Crippen molar-refractivity contribution in [1.29, 1.82) is 5.26 Å². The highest BCUT2D eigenvalue weighted by Gasteiger charge is 1.76. The van der Waals surface area contributed by atoms with Gasteiger partial charge >= 0.3 is 0 Å². The van der Waals surface area contributed by atoms with Gasteiger partial charge in [-0.05, 0) is 12.5 Å². The Bertz CT molecular complexity index is 137. The molecule has 0 aromatic heterocycles.